The van der Waals surface area contributed by atoms with Crippen molar-refractivity contribution in [2.24, 2.45) is 0 Å². The van der Waals surface area contributed by atoms with E-state index in [0.717, 1.165) is 0 Å². The summed E-state index contributed by atoms with van der Waals surface area (Å²) in [6.07, 6.45) is 0. The van der Waals surface area contributed by atoms with Crippen LogP contribution in [0.3, 0.4) is 0 Å². The monoisotopic (exact) mass is 330 g/mol. The van der Waals surface area contributed by atoms with Gasteiger partial charge in [-0.1, -0.05) is 35.3 Å². The van der Waals surface area contributed by atoms with E-state index in [1.165, 1.54) is 12.1 Å². The Labute approximate surface area is 127 Å². The Bertz CT molecular complexity index is 761. The molecule has 0 aromatic heterocycles. The molecule has 4 nitrogen and oxygen atoms in total. The molecule has 0 aliphatic carbocycles. The molecule has 0 aliphatic rings. The van der Waals surface area contributed by atoms with Gasteiger partial charge in [0, 0.05) is 10.7 Å². The van der Waals surface area contributed by atoms with Crippen molar-refractivity contribution in [3.8, 4) is 0 Å². The summed E-state index contributed by atoms with van der Waals surface area (Å²) in [6, 6.07) is 9.42. The Morgan fingerprint density at radius 1 is 1.15 bits per heavy atom. The Hall–Kier alpha value is -1.43. The van der Waals surface area contributed by atoms with Gasteiger partial charge in [0.2, 0.25) is 0 Å². The third-order valence-electron chi connectivity index (χ3n) is 2.77. The van der Waals surface area contributed by atoms with Gasteiger partial charge in [0.15, 0.2) is 0 Å². The minimum absolute atomic E-state index is 0.0300. The highest BCUT2D eigenvalue weighted by Gasteiger charge is 2.20. The molecule has 0 aliphatic heterocycles. The summed E-state index contributed by atoms with van der Waals surface area (Å²) in [7, 11) is -3.81. The van der Waals surface area contributed by atoms with Crippen LogP contribution in [0.15, 0.2) is 41.3 Å². The van der Waals surface area contributed by atoms with Crippen LogP contribution in [0.5, 0.6) is 0 Å². The Kier molecular flexibility index (Phi) is 4.13. The first-order valence-electron chi connectivity index (χ1n) is 5.64. The number of halogens is 2. The van der Waals surface area contributed by atoms with Crippen LogP contribution in [-0.2, 0) is 10.0 Å². The predicted octanol–water partition coefficient (Wildman–Crippen LogP) is 3.68. The fourth-order valence-electron chi connectivity index (χ4n) is 1.70. The molecule has 0 saturated heterocycles. The fraction of sp³-hybridized carbons (Fsp3) is 0.0769. The average molecular weight is 331 g/mol. The van der Waals surface area contributed by atoms with Crippen molar-refractivity contribution in [2.75, 3.05) is 10.5 Å². The van der Waals surface area contributed by atoms with Gasteiger partial charge in [-0.25, -0.2) is 8.42 Å². The quantitative estimate of drug-likeness (QED) is 0.843. The maximum atomic E-state index is 12.4. The molecule has 0 fully saturated rings. The van der Waals surface area contributed by atoms with E-state index in [2.05, 4.69) is 4.72 Å². The second-order valence-electron chi connectivity index (χ2n) is 4.20. The van der Waals surface area contributed by atoms with Crippen LogP contribution in [0.25, 0.3) is 0 Å². The van der Waals surface area contributed by atoms with Crippen LogP contribution in [0.2, 0.25) is 10.0 Å². The molecule has 3 N–H and O–H groups in total. The number of sulfonamides is 1. The molecular formula is C13H12Cl2N2O2S. The number of para-hydroxylation sites is 1. The van der Waals surface area contributed by atoms with E-state index in [1.54, 1.807) is 31.2 Å². The Morgan fingerprint density at radius 3 is 2.45 bits per heavy atom. The number of nitrogens with one attached hydrogen (secondary N) is 1. The topological polar surface area (TPSA) is 72.2 Å². The van der Waals surface area contributed by atoms with E-state index in [1.807, 2.05) is 0 Å². The van der Waals surface area contributed by atoms with Gasteiger partial charge in [0.05, 0.1) is 15.6 Å². The molecule has 2 aromatic carbocycles. The van der Waals surface area contributed by atoms with E-state index in [0.29, 0.717) is 22.0 Å². The lowest BCUT2D eigenvalue weighted by atomic mass is 10.2. The number of nitrogens with two attached hydrogens (primary N) is 1. The molecule has 0 atom stereocenters. The summed E-state index contributed by atoms with van der Waals surface area (Å²) in [5.41, 5.74) is 6.79. The zero-order valence-corrected chi connectivity index (χ0v) is 12.9. The van der Waals surface area contributed by atoms with Gasteiger partial charge in [-0.2, -0.15) is 0 Å². The van der Waals surface area contributed by atoms with Crippen molar-refractivity contribution in [1.29, 1.82) is 0 Å². The van der Waals surface area contributed by atoms with Gasteiger partial charge in [0.25, 0.3) is 10.0 Å². The molecule has 106 valence electrons. The maximum Gasteiger partial charge on any atom is 0.262 e. The summed E-state index contributed by atoms with van der Waals surface area (Å²) in [5.74, 6) is 0. The van der Waals surface area contributed by atoms with E-state index in [4.69, 9.17) is 28.9 Å². The molecule has 0 bridgehead atoms. The van der Waals surface area contributed by atoms with E-state index >= 15 is 0 Å². The van der Waals surface area contributed by atoms with Crippen molar-refractivity contribution in [1.82, 2.24) is 0 Å². The van der Waals surface area contributed by atoms with Gasteiger partial charge >= 0.3 is 0 Å². The average Bonchev–Trinajstić information content (AvgIpc) is 2.36. The second-order valence-corrected chi connectivity index (χ2v) is 6.70. The van der Waals surface area contributed by atoms with Crippen molar-refractivity contribution >= 4 is 44.6 Å². The van der Waals surface area contributed by atoms with Gasteiger partial charge in [-0.15, -0.1) is 0 Å². The van der Waals surface area contributed by atoms with Crippen molar-refractivity contribution < 1.29 is 8.42 Å². The zero-order valence-electron chi connectivity index (χ0n) is 10.5. The molecular weight excluding hydrogens is 319 g/mol. The molecule has 2 aromatic rings. The number of anilines is 2. The van der Waals surface area contributed by atoms with Crippen molar-refractivity contribution in [3.63, 3.8) is 0 Å². The van der Waals surface area contributed by atoms with Gasteiger partial charge in [-0.3, -0.25) is 4.72 Å². The van der Waals surface area contributed by atoms with Crippen LogP contribution in [-0.4, -0.2) is 8.42 Å². The molecule has 0 saturated carbocycles. The van der Waals surface area contributed by atoms with Crippen molar-refractivity contribution in [3.05, 3.63) is 52.0 Å². The van der Waals surface area contributed by atoms with Crippen LogP contribution in [0, 0.1) is 6.92 Å². The molecule has 0 amide bonds. The lowest BCUT2D eigenvalue weighted by Gasteiger charge is -2.13. The molecule has 0 heterocycles. The van der Waals surface area contributed by atoms with Crippen LogP contribution in [0.1, 0.15) is 5.56 Å². The highest BCUT2D eigenvalue weighted by molar-refractivity contribution is 7.92. The maximum absolute atomic E-state index is 12.4. The van der Waals surface area contributed by atoms with Crippen molar-refractivity contribution in [2.45, 2.75) is 11.8 Å². The fourth-order valence-corrected chi connectivity index (χ4v) is 3.61. The summed E-state index contributed by atoms with van der Waals surface area (Å²) in [6.45, 7) is 1.62. The third kappa shape index (κ3) is 3.00. The normalized spacial score (nSPS) is 11.3. The minimum Gasteiger partial charge on any atom is -0.398 e. The highest BCUT2D eigenvalue weighted by Crippen LogP contribution is 2.29. The second kappa shape index (κ2) is 5.52. The minimum atomic E-state index is -3.81. The summed E-state index contributed by atoms with van der Waals surface area (Å²) in [4.78, 5) is 0.0300. The number of hydrogen-bond donors (Lipinski definition) is 2. The predicted molar refractivity (Wildman–Crippen MR) is 82.9 cm³/mol. The molecule has 0 unspecified atom stereocenters. The van der Waals surface area contributed by atoms with Gasteiger partial charge < -0.3 is 5.73 Å². The lowest BCUT2D eigenvalue weighted by molar-refractivity contribution is 0.600. The first kappa shape index (κ1) is 15.0. The summed E-state index contributed by atoms with van der Waals surface area (Å²) < 4.78 is 27.2. The smallest absolute Gasteiger partial charge is 0.262 e. The lowest BCUT2D eigenvalue weighted by Crippen LogP contribution is -2.15. The van der Waals surface area contributed by atoms with Crippen LogP contribution < -0.4 is 10.5 Å². The summed E-state index contributed by atoms with van der Waals surface area (Å²) >= 11 is 11.8. The molecule has 0 radical (unpaired) electrons. The molecule has 2 rings (SSSR count). The first-order valence-corrected chi connectivity index (χ1v) is 7.88. The highest BCUT2D eigenvalue weighted by atomic mass is 35.5. The summed E-state index contributed by atoms with van der Waals surface area (Å²) in [5, 5.41) is 0.566. The number of nitrogen functional groups attached to an aromatic ring is 1. The number of rotatable bonds is 3. The molecule has 7 heteroatoms. The van der Waals surface area contributed by atoms with Gasteiger partial charge in [-0.05, 0) is 36.8 Å². The first-order chi connectivity index (χ1) is 9.31. The van der Waals surface area contributed by atoms with Gasteiger partial charge in [0.1, 0.15) is 0 Å². The zero-order chi connectivity index (χ0) is 14.9. The number of benzene rings is 2. The molecule has 0 spiro atoms. The SMILES string of the molecule is Cc1c(N)cc(Cl)cc1S(=O)(=O)Nc1ccccc1Cl. The van der Waals surface area contributed by atoms with Crippen LogP contribution in [0.4, 0.5) is 11.4 Å². The van der Waals surface area contributed by atoms with Crippen LogP contribution >= 0.6 is 23.2 Å². The largest absolute Gasteiger partial charge is 0.398 e. The number of hydrogen-bond acceptors (Lipinski definition) is 3. The Morgan fingerprint density at radius 2 is 1.80 bits per heavy atom. The van der Waals surface area contributed by atoms with E-state index < -0.39 is 10.0 Å². The van der Waals surface area contributed by atoms with E-state index in [-0.39, 0.29) is 9.92 Å². The molecule has 20 heavy (non-hydrogen) atoms. The van der Waals surface area contributed by atoms with E-state index in [9.17, 15) is 8.42 Å². The third-order valence-corrected chi connectivity index (χ3v) is 4.81. The standard InChI is InChI=1S/C13H12Cl2N2O2S/c1-8-11(16)6-9(14)7-13(8)20(18,19)17-12-5-3-2-4-10(12)15/h2-7,17H,16H2,1H3. The Balaban J connectivity index is 2.49.